The zero-order chi connectivity index (χ0) is 15.5. The molecule has 2 heterocycles. The summed E-state index contributed by atoms with van der Waals surface area (Å²) in [6.07, 6.45) is 1.63. The van der Waals surface area contributed by atoms with Gasteiger partial charge in [0.15, 0.2) is 5.76 Å². The lowest BCUT2D eigenvalue weighted by Crippen LogP contribution is -2.39. The lowest BCUT2D eigenvalue weighted by molar-refractivity contribution is 0.0789. The molecule has 6 nitrogen and oxygen atoms in total. The molecule has 1 aromatic heterocycles. The predicted octanol–water partition coefficient (Wildman–Crippen LogP) is 2.91. The molecule has 0 spiro atoms. The lowest BCUT2D eigenvalue weighted by Gasteiger charge is -2.28. The van der Waals surface area contributed by atoms with Crippen LogP contribution in [-0.4, -0.2) is 40.0 Å². The van der Waals surface area contributed by atoms with Crippen LogP contribution in [0.2, 0.25) is 0 Å². The van der Waals surface area contributed by atoms with Crippen LogP contribution in [0, 0.1) is 5.92 Å². The summed E-state index contributed by atoms with van der Waals surface area (Å²) >= 11 is 0. The van der Waals surface area contributed by atoms with Crippen molar-refractivity contribution in [2.75, 3.05) is 13.1 Å². The monoisotopic (exact) mass is 300 g/mol. The van der Waals surface area contributed by atoms with E-state index in [0.717, 1.165) is 5.56 Å². The smallest absolute Gasteiger partial charge is 0.407 e. The summed E-state index contributed by atoms with van der Waals surface area (Å²) in [5.74, 6) is 0.296. The largest absolute Gasteiger partial charge is 0.465 e. The van der Waals surface area contributed by atoms with Gasteiger partial charge in [-0.3, -0.25) is 4.79 Å². The molecular formula is C16H16N2O4. The van der Waals surface area contributed by atoms with Crippen molar-refractivity contribution in [2.45, 2.75) is 12.8 Å². The molecule has 1 amide bonds. The zero-order valence-corrected chi connectivity index (χ0v) is 11.9. The van der Waals surface area contributed by atoms with Gasteiger partial charge in [0.25, 0.3) is 5.89 Å². The van der Waals surface area contributed by atoms with E-state index in [2.05, 4.69) is 4.98 Å². The summed E-state index contributed by atoms with van der Waals surface area (Å²) in [4.78, 5) is 28.7. The van der Waals surface area contributed by atoms with Gasteiger partial charge in [0.1, 0.15) is 0 Å². The van der Waals surface area contributed by atoms with Gasteiger partial charge >= 0.3 is 6.09 Å². The molecule has 22 heavy (non-hydrogen) atoms. The Morgan fingerprint density at radius 1 is 1.18 bits per heavy atom. The van der Waals surface area contributed by atoms with Crippen LogP contribution < -0.4 is 0 Å². The molecule has 0 unspecified atom stereocenters. The maximum Gasteiger partial charge on any atom is 0.407 e. The molecule has 1 aromatic carbocycles. The number of carbonyl (C=O) groups is 2. The number of hydrogen-bond donors (Lipinski definition) is 1. The van der Waals surface area contributed by atoms with Gasteiger partial charge in [0, 0.05) is 24.6 Å². The molecule has 0 saturated carbocycles. The molecule has 1 fully saturated rings. The molecule has 1 aliphatic heterocycles. The number of aromatic nitrogens is 1. The van der Waals surface area contributed by atoms with Crippen LogP contribution >= 0.6 is 0 Å². The second-order valence-electron chi connectivity index (χ2n) is 5.30. The first kappa shape index (κ1) is 14.3. The second kappa shape index (κ2) is 6.01. The number of ketones is 1. The number of carboxylic acid groups (broad SMARTS) is 1. The van der Waals surface area contributed by atoms with Crippen molar-refractivity contribution in [1.82, 2.24) is 9.88 Å². The summed E-state index contributed by atoms with van der Waals surface area (Å²) in [6.45, 7) is 0.746. The van der Waals surface area contributed by atoms with Crippen molar-refractivity contribution < 1.29 is 19.1 Å². The van der Waals surface area contributed by atoms with Gasteiger partial charge in [-0.25, -0.2) is 9.78 Å². The fraction of sp³-hybridized carbons (Fsp3) is 0.312. The number of likely N-dealkylation sites (tertiary alicyclic amines) is 1. The van der Waals surface area contributed by atoms with Crippen LogP contribution in [0.25, 0.3) is 11.3 Å². The van der Waals surface area contributed by atoms with E-state index in [1.807, 2.05) is 30.3 Å². The van der Waals surface area contributed by atoms with Crippen LogP contribution in [-0.2, 0) is 0 Å². The number of Topliss-reactive ketones (excluding diaryl/α,β-unsaturated/α-hetero) is 1. The van der Waals surface area contributed by atoms with E-state index in [0.29, 0.717) is 31.7 Å². The van der Waals surface area contributed by atoms with Crippen LogP contribution in [0.4, 0.5) is 4.79 Å². The van der Waals surface area contributed by atoms with E-state index in [9.17, 15) is 9.59 Å². The quantitative estimate of drug-likeness (QED) is 0.881. The number of carbonyl (C=O) groups excluding carboxylic acids is 1. The Labute approximate surface area is 127 Å². The first-order chi connectivity index (χ1) is 10.6. The molecule has 0 atom stereocenters. The molecule has 0 radical (unpaired) electrons. The third-order valence-corrected chi connectivity index (χ3v) is 3.91. The van der Waals surface area contributed by atoms with Crippen molar-refractivity contribution in [3.05, 3.63) is 42.4 Å². The minimum atomic E-state index is -0.937. The Hall–Kier alpha value is -2.63. The number of benzene rings is 1. The van der Waals surface area contributed by atoms with Crippen LogP contribution in [0.3, 0.4) is 0 Å². The highest BCUT2D eigenvalue weighted by Crippen LogP contribution is 2.25. The van der Waals surface area contributed by atoms with E-state index >= 15 is 0 Å². The number of nitrogens with zero attached hydrogens (tertiary/aromatic N) is 2. The van der Waals surface area contributed by atoms with Gasteiger partial charge in [-0.15, -0.1) is 0 Å². The normalized spacial score (nSPS) is 15.7. The Morgan fingerprint density at radius 2 is 1.86 bits per heavy atom. The van der Waals surface area contributed by atoms with Gasteiger partial charge < -0.3 is 14.4 Å². The highest BCUT2D eigenvalue weighted by atomic mass is 16.4. The Bertz CT molecular complexity index is 672. The molecule has 0 bridgehead atoms. The summed E-state index contributed by atoms with van der Waals surface area (Å²) in [7, 11) is 0. The van der Waals surface area contributed by atoms with Gasteiger partial charge in [0.05, 0.1) is 6.20 Å². The fourth-order valence-electron chi connectivity index (χ4n) is 2.63. The number of rotatable bonds is 3. The SMILES string of the molecule is O=C(c1ncc(-c2ccccc2)o1)C1CCN(C(=O)O)CC1. The number of oxazole rings is 1. The number of amides is 1. The maximum absolute atomic E-state index is 12.4. The molecule has 2 aromatic rings. The third kappa shape index (κ3) is 2.86. The Morgan fingerprint density at radius 3 is 2.50 bits per heavy atom. The van der Waals surface area contributed by atoms with Gasteiger partial charge in [0.2, 0.25) is 5.78 Å². The van der Waals surface area contributed by atoms with E-state index in [1.54, 1.807) is 6.20 Å². The third-order valence-electron chi connectivity index (χ3n) is 3.91. The first-order valence-corrected chi connectivity index (χ1v) is 7.18. The van der Waals surface area contributed by atoms with E-state index in [-0.39, 0.29) is 17.6 Å². The van der Waals surface area contributed by atoms with Crippen molar-refractivity contribution in [2.24, 2.45) is 5.92 Å². The van der Waals surface area contributed by atoms with Crippen LogP contribution in [0.5, 0.6) is 0 Å². The van der Waals surface area contributed by atoms with Crippen molar-refractivity contribution in [3.63, 3.8) is 0 Å². The van der Waals surface area contributed by atoms with E-state index in [4.69, 9.17) is 9.52 Å². The summed E-state index contributed by atoms with van der Waals surface area (Å²) < 4.78 is 5.57. The highest BCUT2D eigenvalue weighted by molar-refractivity contribution is 5.94. The molecule has 114 valence electrons. The summed E-state index contributed by atoms with van der Waals surface area (Å²) in [5.41, 5.74) is 0.870. The molecule has 1 aliphatic rings. The number of hydrogen-bond acceptors (Lipinski definition) is 4. The molecule has 3 rings (SSSR count). The van der Waals surface area contributed by atoms with Crippen LogP contribution in [0.15, 0.2) is 40.9 Å². The maximum atomic E-state index is 12.4. The van der Waals surface area contributed by atoms with Crippen molar-refractivity contribution in [3.8, 4) is 11.3 Å². The number of piperidine rings is 1. The summed E-state index contributed by atoms with van der Waals surface area (Å²) in [6, 6.07) is 9.46. The molecule has 1 saturated heterocycles. The average molecular weight is 300 g/mol. The molecule has 0 aliphatic carbocycles. The second-order valence-corrected chi connectivity index (χ2v) is 5.30. The fourth-order valence-corrected chi connectivity index (χ4v) is 2.63. The van der Waals surface area contributed by atoms with Gasteiger partial charge in [-0.2, -0.15) is 0 Å². The Kier molecular flexibility index (Phi) is 3.91. The van der Waals surface area contributed by atoms with Gasteiger partial charge in [-0.1, -0.05) is 30.3 Å². The topological polar surface area (TPSA) is 83.6 Å². The van der Waals surface area contributed by atoms with Crippen molar-refractivity contribution >= 4 is 11.9 Å². The van der Waals surface area contributed by atoms with Gasteiger partial charge in [-0.05, 0) is 12.8 Å². The van der Waals surface area contributed by atoms with Crippen molar-refractivity contribution in [1.29, 1.82) is 0 Å². The summed E-state index contributed by atoms with van der Waals surface area (Å²) in [5, 5.41) is 8.92. The predicted molar refractivity (Wildman–Crippen MR) is 78.6 cm³/mol. The minimum Gasteiger partial charge on any atom is -0.465 e. The van der Waals surface area contributed by atoms with E-state index in [1.165, 1.54) is 4.90 Å². The average Bonchev–Trinajstić information content (AvgIpc) is 3.05. The van der Waals surface area contributed by atoms with E-state index < -0.39 is 6.09 Å². The first-order valence-electron chi connectivity index (χ1n) is 7.18. The lowest BCUT2D eigenvalue weighted by atomic mass is 9.92. The molecule has 6 heteroatoms. The minimum absolute atomic E-state index is 0.104. The zero-order valence-electron chi connectivity index (χ0n) is 11.9. The highest BCUT2D eigenvalue weighted by Gasteiger charge is 2.30. The standard InChI is InChI=1S/C16H16N2O4/c19-14(12-6-8-18(9-7-12)16(20)21)15-17-10-13(22-15)11-4-2-1-3-5-11/h1-5,10,12H,6-9H2,(H,20,21). The van der Waals surface area contributed by atoms with Crippen LogP contribution in [0.1, 0.15) is 23.5 Å². The Balaban J connectivity index is 1.69. The molecule has 1 N–H and O–H groups in total. The molecular weight excluding hydrogens is 284 g/mol.